The van der Waals surface area contributed by atoms with Crippen molar-refractivity contribution in [3.8, 4) is 0 Å². The molecule has 2 spiro atoms. The van der Waals surface area contributed by atoms with E-state index in [0.717, 1.165) is 0 Å². The number of alkyl halides is 2. The molecule has 2 saturated carbocycles. The van der Waals surface area contributed by atoms with Crippen LogP contribution in [0.25, 0.3) is 0 Å². The number of nitrogens with zero attached hydrogens (tertiary/aromatic N) is 3. The summed E-state index contributed by atoms with van der Waals surface area (Å²) in [5, 5.41) is 17.1. The van der Waals surface area contributed by atoms with Crippen LogP contribution in [0.4, 0.5) is 18.9 Å². The molecule has 3 fully saturated rings. The van der Waals surface area contributed by atoms with Gasteiger partial charge in [-0.1, -0.05) is 29.3 Å². The molecule has 44 heavy (non-hydrogen) atoms. The summed E-state index contributed by atoms with van der Waals surface area (Å²) in [7, 11) is 0. The first-order valence-corrected chi connectivity index (χ1v) is 15.3. The van der Waals surface area contributed by atoms with Gasteiger partial charge in [-0.05, 0) is 67.9 Å². The topological polar surface area (TPSA) is 122 Å². The van der Waals surface area contributed by atoms with Gasteiger partial charge in [0.1, 0.15) is 5.41 Å². The second kappa shape index (κ2) is 10.7. The Morgan fingerprint density at radius 2 is 1.86 bits per heavy atom. The van der Waals surface area contributed by atoms with Crippen molar-refractivity contribution >= 4 is 40.7 Å². The Morgan fingerprint density at radius 3 is 2.55 bits per heavy atom. The number of pyridine rings is 1. The van der Waals surface area contributed by atoms with Gasteiger partial charge >= 0.3 is 0 Å². The van der Waals surface area contributed by atoms with Gasteiger partial charge in [-0.25, -0.2) is 9.37 Å². The van der Waals surface area contributed by atoms with Crippen molar-refractivity contribution in [1.82, 2.24) is 25.8 Å². The lowest BCUT2D eigenvalue weighted by atomic mass is 9.46. The van der Waals surface area contributed by atoms with Crippen LogP contribution in [0, 0.1) is 11.2 Å². The van der Waals surface area contributed by atoms with E-state index in [0.29, 0.717) is 47.8 Å². The predicted molar refractivity (Wildman–Crippen MR) is 154 cm³/mol. The number of amides is 2. The molecule has 4 heterocycles. The Morgan fingerprint density at radius 1 is 1.11 bits per heavy atom. The Kier molecular flexibility index (Phi) is 7.17. The highest BCUT2D eigenvalue weighted by Crippen LogP contribution is 2.68. The van der Waals surface area contributed by atoms with Gasteiger partial charge in [0.2, 0.25) is 24.1 Å². The zero-order chi connectivity index (χ0) is 30.9. The Hall–Kier alpha value is -3.22. The highest BCUT2D eigenvalue weighted by atomic mass is 35.5. The highest BCUT2D eigenvalue weighted by Gasteiger charge is 2.78. The number of hydrogen-bond acceptors (Lipinski definition) is 7. The van der Waals surface area contributed by atoms with E-state index in [2.05, 4.69) is 31.1 Å². The van der Waals surface area contributed by atoms with Crippen molar-refractivity contribution in [3.05, 3.63) is 69.9 Å². The van der Waals surface area contributed by atoms with E-state index >= 15 is 4.39 Å². The second-order valence-corrected chi connectivity index (χ2v) is 13.4. The molecule has 14 heteroatoms. The van der Waals surface area contributed by atoms with Crippen molar-refractivity contribution in [3.63, 3.8) is 0 Å². The van der Waals surface area contributed by atoms with Crippen LogP contribution in [0.1, 0.15) is 67.4 Å². The largest absolute Gasteiger partial charge is 0.428 e. The number of benzene rings is 1. The van der Waals surface area contributed by atoms with Crippen LogP contribution >= 0.6 is 23.2 Å². The molecule has 1 aromatic carbocycles. The molecule has 0 radical (unpaired) electrons. The standard InChI is InChI=1S/C30H29Cl2F3N6O3/c31-16-3-6-19-20(9-16)39-27(43)30(19)21(18-7-8-36-24(32)22(18)35)23(40-29(30)10-28(11-29,12-33)13-34)25(42)38-17-4-1-15(2-5-17)26-41-37-14-44-26/h3,6-9,14-15,17,21,23,40H,1-2,4-5,10-13H2,(H,38,42)(H,39,43)/t15-,17-,21-,23+,30+/m0/s1. The minimum atomic E-state index is -1.62. The number of carbonyl (C=O) groups excluding carboxylic acids is 2. The predicted octanol–water partition coefficient (Wildman–Crippen LogP) is 5.16. The molecule has 2 amide bonds. The third-order valence-corrected chi connectivity index (χ3v) is 10.7. The molecule has 0 bridgehead atoms. The zero-order valence-corrected chi connectivity index (χ0v) is 24.9. The van der Waals surface area contributed by atoms with Gasteiger partial charge < -0.3 is 15.1 Å². The molecule has 1 saturated heterocycles. The first kappa shape index (κ1) is 29.5. The lowest BCUT2D eigenvalue weighted by Gasteiger charge is -2.59. The van der Waals surface area contributed by atoms with Crippen LogP contribution < -0.4 is 16.0 Å². The summed E-state index contributed by atoms with van der Waals surface area (Å²) < 4.78 is 49.9. The average Bonchev–Trinajstić information content (AvgIpc) is 3.71. The van der Waals surface area contributed by atoms with Crippen LogP contribution in [0.15, 0.2) is 41.3 Å². The van der Waals surface area contributed by atoms with E-state index in [4.69, 9.17) is 27.6 Å². The van der Waals surface area contributed by atoms with Crippen LogP contribution in [0.2, 0.25) is 10.2 Å². The lowest BCUT2D eigenvalue weighted by molar-refractivity contribution is -0.131. The molecule has 0 unspecified atom stereocenters. The fourth-order valence-electron chi connectivity index (χ4n) is 8.40. The summed E-state index contributed by atoms with van der Waals surface area (Å²) in [5.74, 6) is -2.34. The first-order valence-electron chi connectivity index (χ1n) is 14.5. The number of halogens is 5. The molecule has 2 aliphatic heterocycles. The molecule has 9 nitrogen and oxygen atoms in total. The number of aromatic nitrogens is 3. The maximum absolute atomic E-state index is 15.9. The van der Waals surface area contributed by atoms with E-state index in [9.17, 15) is 18.4 Å². The van der Waals surface area contributed by atoms with Crippen molar-refractivity contribution in [2.24, 2.45) is 5.41 Å². The van der Waals surface area contributed by atoms with Gasteiger partial charge in [0.15, 0.2) is 11.0 Å². The molecule has 2 aromatic heterocycles. The lowest BCUT2D eigenvalue weighted by Crippen LogP contribution is -2.70. The number of fused-ring (bicyclic) bond motifs is 3. The Balaban J connectivity index is 1.31. The smallest absolute Gasteiger partial charge is 0.238 e. The third-order valence-electron chi connectivity index (χ3n) is 10.2. The Labute approximate surface area is 260 Å². The van der Waals surface area contributed by atoms with Gasteiger partial charge in [0.05, 0.1) is 19.4 Å². The highest BCUT2D eigenvalue weighted by molar-refractivity contribution is 6.31. The fourth-order valence-corrected chi connectivity index (χ4v) is 8.74. The summed E-state index contributed by atoms with van der Waals surface area (Å²) in [4.78, 5) is 32.5. The molecule has 2 aliphatic carbocycles. The van der Waals surface area contributed by atoms with E-state index in [-0.39, 0.29) is 30.4 Å². The molecule has 3 aromatic rings. The molecule has 232 valence electrons. The van der Waals surface area contributed by atoms with E-state index < -0.39 is 64.5 Å². The van der Waals surface area contributed by atoms with Crippen molar-refractivity contribution in [2.45, 2.75) is 73.4 Å². The van der Waals surface area contributed by atoms with Crippen molar-refractivity contribution in [2.75, 3.05) is 18.7 Å². The maximum atomic E-state index is 15.9. The van der Waals surface area contributed by atoms with E-state index in [1.165, 1.54) is 18.7 Å². The number of hydrogen-bond donors (Lipinski definition) is 3. The van der Waals surface area contributed by atoms with Crippen LogP contribution in [-0.2, 0) is 15.0 Å². The van der Waals surface area contributed by atoms with Crippen molar-refractivity contribution in [1.29, 1.82) is 0 Å². The van der Waals surface area contributed by atoms with Gasteiger partial charge in [0, 0.05) is 45.7 Å². The Bertz CT molecular complexity index is 1610. The average molecular weight is 650 g/mol. The van der Waals surface area contributed by atoms with Gasteiger partial charge in [0.25, 0.3) is 0 Å². The number of nitrogens with one attached hydrogen (secondary N) is 3. The number of carbonyl (C=O) groups is 2. The minimum absolute atomic E-state index is 0.00516. The monoisotopic (exact) mass is 648 g/mol. The fraction of sp³-hybridized carbons (Fsp3) is 0.500. The second-order valence-electron chi connectivity index (χ2n) is 12.6. The molecular weight excluding hydrogens is 620 g/mol. The summed E-state index contributed by atoms with van der Waals surface area (Å²) in [6.45, 7) is -1.89. The molecule has 7 rings (SSSR count). The number of anilines is 1. The van der Waals surface area contributed by atoms with Crippen molar-refractivity contribution < 1.29 is 27.2 Å². The molecule has 4 aliphatic rings. The van der Waals surface area contributed by atoms with Gasteiger partial charge in [-0.3, -0.25) is 23.7 Å². The quantitative estimate of drug-likeness (QED) is 0.316. The summed E-state index contributed by atoms with van der Waals surface area (Å²) >= 11 is 12.4. The third kappa shape index (κ3) is 4.20. The van der Waals surface area contributed by atoms with Gasteiger partial charge in [-0.15, -0.1) is 10.2 Å². The van der Waals surface area contributed by atoms with E-state index in [1.807, 2.05) is 0 Å². The van der Waals surface area contributed by atoms with Crippen LogP contribution in [0.5, 0.6) is 0 Å². The summed E-state index contributed by atoms with van der Waals surface area (Å²) in [6, 6.07) is 4.90. The number of rotatable bonds is 6. The van der Waals surface area contributed by atoms with Crippen LogP contribution in [-0.4, -0.2) is 58.0 Å². The SMILES string of the molecule is O=C(N[C@H]1CC[C@H](c2nnco2)CC1)[C@@H]1NC2(CC(CF)(CF)C2)[C@@]2(C(=O)Nc3cc(Cl)ccc32)[C@H]1c1ccnc(Cl)c1F. The molecule has 3 atom stereocenters. The first-order chi connectivity index (χ1) is 21.2. The zero-order valence-electron chi connectivity index (χ0n) is 23.4. The minimum Gasteiger partial charge on any atom is -0.428 e. The normalized spacial score (nSPS) is 29.8. The van der Waals surface area contributed by atoms with E-state index in [1.54, 1.807) is 18.2 Å². The summed E-state index contributed by atoms with van der Waals surface area (Å²) in [6.07, 6.45) is 5.13. The molecule has 3 N–H and O–H groups in total. The van der Waals surface area contributed by atoms with Crippen LogP contribution in [0.3, 0.4) is 0 Å². The summed E-state index contributed by atoms with van der Waals surface area (Å²) in [5.41, 5.74) is -3.37. The maximum Gasteiger partial charge on any atom is 0.238 e. The molecular formula is C30H29Cl2F3N6O3. The van der Waals surface area contributed by atoms with Gasteiger partial charge in [-0.2, -0.15) is 0 Å².